The monoisotopic (exact) mass is 441 g/mol. The molecule has 0 radical (unpaired) electrons. The number of methoxy groups -OCH3 is 1. The van der Waals surface area contributed by atoms with Crippen LogP contribution in [0.15, 0.2) is 53.0 Å². The number of carbonyl (C=O) groups excluding carboxylic acids is 1. The molecule has 0 aliphatic carbocycles. The zero-order valence-corrected chi connectivity index (χ0v) is 18.9. The average Bonchev–Trinajstić information content (AvgIpc) is 2.78. The predicted molar refractivity (Wildman–Crippen MR) is 127 cm³/mol. The third-order valence-corrected chi connectivity index (χ3v) is 4.61. The minimum Gasteiger partial charge on any atom is -0.506 e. The number of terminal acetylenes is 1. The van der Waals surface area contributed by atoms with Gasteiger partial charge in [-0.3, -0.25) is 0 Å². The number of aliphatic imine (C=N–C) groups is 1. The van der Waals surface area contributed by atoms with Gasteiger partial charge >= 0.3 is 5.97 Å². The summed E-state index contributed by atoms with van der Waals surface area (Å²) in [5.41, 5.74) is 1.76. The lowest BCUT2D eigenvalue weighted by Crippen LogP contribution is -2.08. The molecular formula is C25H25ClFNO3. The summed E-state index contributed by atoms with van der Waals surface area (Å²) in [6.45, 7) is 5.45. The normalized spacial score (nSPS) is 11.9. The maximum atomic E-state index is 14.8. The van der Waals surface area contributed by atoms with Crippen molar-refractivity contribution in [3.8, 4) is 23.5 Å². The molecule has 162 valence electrons. The number of nitrogens with zero attached hydrogens (tertiary/aromatic N) is 1. The topological polar surface area (TPSA) is 58.9 Å². The molecule has 0 aliphatic heterocycles. The fraction of sp³-hybridized carbons (Fsp3) is 0.200. The Hall–Kier alpha value is -3.36. The van der Waals surface area contributed by atoms with Gasteiger partial charge in [-0.15, -0.1) is 6.42 Å². The zero-order chi connectivity index (χ0) is 23.6. The van der Waals surface area contributed by atoms with Crippen LogP contribution in [0, 0.1) is 18.2 Å². The highest BCUT2D eigenvalue weighted by molar-refractivity contribution is 6.30. The molecule has 0 saturated heterocycles. The Bertz CT molecular complexity index is 1070. The summed E-state index contributed by atoms with van der Waals surface area (Å²) in [4.78, 5) is 15.5. The molecule has 2 aromatic rings. The molecule has 2 rings (SSSR count). The molecule has 0 unspecified atom stereocenters. The maximum Gasteiger partial charge on any atom is 0.350 e. The summed E-state index contributed by atoms with van der Waals surface area (Å²) in [6, 6.07) is 9.31. The van der Waals surface area contributed by atoms with E-state index in [4.69, 9.17) is 18.0 Å². The van der Waals surface area contributed by atoms with Gasteiger partial charge in [-0.25, -0.2) is 9.18 Å². The number of ether oxygens (including phenoxy) is 1. The van der Waals surface area contributed by atoms with E-state index in [1.807, 2.05) is 6.92 Å². The van der Waals surface area contributed by atoms with E-state index in [0.29, 0.717) is 21.7 Å². The molecular weight excluding hydrogens is 417 g/mol. The van der Waals surface area contributed by atoms with Gasteiger partial charge in [0.05, 0.1) is 7.11 Å². The first-order valence-corrected chi connectivity index (χ1v) is 9.72. The second-order valence-corrected chi connectivity index (χ2v) is 6.64. The molecule has 0 saturated carbocycles. The van der Waals surface area contributed by atoms with E-state index in [9.17, 15) is 14.3 Å². The molecule has 6 heteroatoms. The highest BCUT2D eigenvalue weighted by Gasteiger charge is 2.23. The van der Waals surface area contributed by atoms with Crippen molar-refractivity contribution in [1.82, 2.24) is 0 Å². The minimum absolute atomic E-state index is 0.223. The van der Waals surface area contributed by atoms with Crippen molar-refractivity contribution in [1.29, 1.82) is 0 Å². The molecule has 0 spiro atoms. The molecule has 31 heavy (non-hydrogen) atoms. The van der Waals surface area contributed by atoms with Crippen LogP contribution >= 0.6 is 11.6 Å². The van der Waals surface area contributed by atoms with E-state index in [0.717, 1.165) is 7.11 Å². The number of esters is 1. The Kier molecular flexibility index (Phi) is 10.2. The number of allylic oxidation sites excluding steroid dienone is 2. The van der Waals surface area contributed by atoms with Gasteiger partial charge in [0.2, 0.25) is 0 Å². The first-order chi connectivity index (χ1) is 14.8. The van der Waals surface area contributed by atoms with Gasteiger partial charge in [-0.05, 0) is 68.0 Å². The number of hydrogen-bond donors (Lipinski definition) is 1. The molecule has 0 heterocycles. The van der Waals surface area contributed by atoms with Gasteiger partial charge in [-0.1, -0.05) is 35.7 Å². The molecule has 0 amide bonds. The number of halogens is 2. The van der Waals surface area contributed by atoms with Gasteiger partial charge < -0.3 is 14.8 Å². The van der Waals surface area contributed by atoms with Crippen LogP contribution in [0.4, 0.5) is 4.39 Å². The fourth-order valence-electron chi connectivity index (χ4n) is 2.72. The first kappa shape index (κ1) is 25.7. The Morgan fingerprint density at radius 1 is 1.29 bits per heavy atom. The van der Waals surface area contributed by atoms with Crippen LogP contribution in [-0.2, 0) is 9.53 Å². The summed E-state index contributed by atoms with van der Waals surface area (Å²) in [5, 5.41) is 11.1. The van der Waals surface area contributed by atoms with Crippen molar-refractivity contribution in [2.75, 3.05) is 14.2 Å². The smallest absolute Gasteiger partial charge is 0.350 e. The second kappa shape index (κ2) is 12.4. The summed E-state index contributed by atoms with van der Waals surface area (Å²) < 4.78 is 19.4. The third kappa shape index (κ3) is 6.31. The van der Waals surface area contributed by atoms with Crippen LogP contribution in [0.3, 0.4) is 0 Å². The number of aliphatic hydroxyl groups excluding tert-OH is 1. The average molecular weight is 442 g/mol. The lowest BCUT2D eigenvalue weighted by molar-refractivity contribution is -0.135. The van der Waals surface area contributed by atoms with Crippen LogP contribution in [0.25, 0.3) is 22.5 Å². The minimum atomic E-state index is -0.854. The van der Waals surface area contributed by atoms with E-state index in [2.05, 4.69) is 15.6 Å². The van der Waals surface area contributed by atoms with Gasteiger partial charge in [-0.2, -0.15) is 0 Å². The molecule has 0 aliphatic rings. The molecule has 0 atom stereocenters. The van der Waals surface area contributed by atoms with Crippen LogP contribution in [-0.4, -0.2) is 31.4 Å². The largest absolute Gasteiger partial charge is 0.506 e. The van der Waals surface area contributed by atoms with Gasteiger partial charge in [0.1, 0.15) is 11.6 Å². The molecule has 0 aromatic heterocycles. The summed E-state index contributed by atoms with van der Waals surface area (Å²) in [7, 11) is 2.91. The van der Waals surface area contributed by atoms with E-state index < -0.39 is 17.5 Å². The van der Waals surface area contributed by atoms with E-state index in [-0.39, 0.29) is 16.7 Å². The van der Waals surface area contributed by atoms with Crippen molar-refractivity contribution in [3.05, 3.63) is 70.0 Å². The van der Waals surface area contributed by atoms with Crippen LogP contribution in [0.5, 0.6) is 0 Å². The molecule has 2 aromatic carbocycles. The van der Waals surface area contributed by atoms with Gasteiger partial charge in [0.25, 0.3) is 0 Å². The summed E-state index contributed by atoms with van der Waals surface area (Å²) in [6.07, 6.45) is 8.89. The quantitative estimate of drug-likeness (QED) is 0.198. The van der Waals surface area contributed by atoms with Gasteiger partial charge in [0.15, 0.2) is 5.57 Å². The van der Waals surface area contributed by atoms with Crippen LogP contribution in [0.2, 0.25) is 5.02 Å². The number of hydrogen-bond acceptors (Lipinski definition) is 4. The Morgan fingerprint density at radius 2 is 1.94 bits per heavy atom. The standard InChI is InChI=1S/C22H18ClFO3.C3H7N/c1-5-13(3)19-17(21(25)16(6-2)22(26)27-4)10-11-18(24)20(19)14-8-7-9-15(23)12-14;1-3-4-2/h2,5,7-12,25H,1,3-4H3;3H,1-2H3/b13-5-,21-16-;. The third-order valence-electron chi connectivity index (χ3n) is 4.38. The van der Waals surface area contributed by atoms with Crippen LogP contribution in [0.1, 0.15) is 31.9 Å². The molecule has 0 fully saturated rings. The highest BCUT2D eigenvalue weighted by Crippen LogP contribution is 2.38. The Balaban J connectivity index is 0.00000110. The number of benzene rings is 2. The first-order valence-electron chi connectivity index (χ1n) is 9.34. The summed E-state index contributed by atoms with van der Waals surface area (Å²) in [5.74, 6) is 0.335. The number of rotatable bonds is 4. The van der Waals surface area contributed by atoms with E-state index in [1.54, 1.807) is 57.5 Å². The summed E-state index contributed by atoms with van der Waals surface area (Å²) >= 11 is 6.06. The van der Waals surface area contributed by atoms with Gasteiger partial charge in [0, 0.05) is 23.2 Å². The van der Waals surface area contributed by atoms with Crippen LogP contribution < -0.4 is 0 Å². The number of aliphatic hydroxyl groups is 1. The van der Waals surface area contributed by atoms with Crippen molar-refractivity contribution >= 4 is 35.1 Å². The molecule has 1 N–H and O–H groups in total. The second-order valence-electron chi connectivity index (χ2n) is 6.20. The molecule has 0 bridgehead atoms. The maximum absolute atomic E-state index is 14.8. The zero-order valence-electron chi connectivity index (χ0n) is 18.2. The Morgan fingerprint density at radius 3 is 2.42 bits per heavy atom. The predicted octanol–water partition coefficient (Wildman–Crippen LogP) is 6.35. The lowest BCUT2D eigenvalue weighted by Gasteiger charge is -2.17. The van der Waals surface area contributed by atoms with Crippen molar-refractivity contribution in [2.45, 2.75) is 20.8 Å². The van der Waals surface area contributed by atoms with E-state index >= 15 is 0 Å². The fourth-order valence-corrected chi connectivity index (χ4v) is 2.91. The Labute approximate surface area is 187 Å². The SMILES string of the molecule is C#C/C(C(=O)OC)=C(/O)c1ccc(F)c(-c2cccc(Cl)c2)c1/C(C)=C\C.CC=NC. The number of carbonyl (C=O) groups is 1. The van der Waals surface area contributed by atoms with Crippen molar-refractivity contribution in [2.24, 2.45) is 4.99 Å². The molecule has 4 nitrogen and oxygen atoms in total. The highest BCUT2D eigenvalue weighted by atomic mass is 35.5. The van der Waals surface area contributed by atoms with Crippen molar-refractivity contribution in [3.63, 3.8) is 0 Å². The lowest BCUT2D eigenvalue weighted by atomic mass is 9.88. The van der Waals surface area contributed by atoms with E-state index in [1.165, 1.54) is 12.1 Å². The van der Waals surface area contributed by atoms with Crippen molar-refractivity contribution < 1.29 is 19.0 Å².